The molecule has 2 aliphatic heterocycles. The number of amidine groups is 1. The molecule has 0 spiro atoms. The molecule has 0 aliphatic carbocycles. The van der Waals surface area contributed by atoms with Crippen LogP contribution in [-0.4, -0.2) is 47.2 Å². The Morgan fingerprint density at radius 3 is 2.48 bits per heavy atom. The second kappa shape index (κ2) is 6.43. The molecule has 0 aromatic heterocycles. The number of amides is 1. The highest BCUT2D eigenvalue weighted by molar-refractivity contribution is 8.15. The molecule has 2 atom stereocenters. The summed E-state index contributed by atoms with van der Waals surface area (Å²) in [6.45, 7) is 8.13. The molecule has 136 valence electrons. The van der Waals surface area contributed by atoms with Gasteiger partial charge in [-0.1, -0.05) is 62.4 Å². The van der Waals surface area contributed by atoms with Gasteiger partial charge < -0.3 is 4.90 Å². The van der Waals surface area contributed by atoms with E-state index in [0.717, 1.165) is 5.56 Å². The van der Waals surface area contributed by atoms with Gasteiger partial charge in [-0.2, -0.15) is 4.99 Å². The molecule has 7 heteroatoms. The maximum Gasteiger partial charge on any atom is 0.253 e. The van der Waals surface area contributed by atoms with Crippen LogP contribution in [0.1, 0.15) is 31.9 Å². The first-order valence-electron chi connectivity index (χ1n) is 8.37. The van der Waals surface area contributed by atoms with Gasteiger partial charge in [0, 0.05) is 17.2 Å². The summed E-state index contributed by atoms with van der Waals surface area (Å²) in [5.41, 5.74) is 1.72. The minimum atomic E-state index is -3.02. The molecule has 2 aliphatic rings. The predicted molar refractivity (Wildman–Crippen MR) is 102 cm³/mol. The van der Waals surface area contributed by atoms with E-state index in [1.165, 1.54) is 17.3 Å². The molecule has 2 saturated heterocycles. The Bertz CT molecular complexity index is 808. The number of carbonyl (C=O) groups is 1. The van der Waals surface area contributed by atoms with E-state index in [1.807, 2.05) is 56.9 Å². The molecule has 25 heavy (non-hydrogen) atoms. The van der Waals surface area contributed by atoms with Crippen LogP contribution in [0.25, 0.3) is 0 Å². The van der Waals surface area contributed by atoms with Crippen LogP contribution in [0.4, 0.5) is 0 Å². The van der Waals surface area contributed by atoms with Crippen LogP contribution in [-0.2, 0) is 21.2 Å². The number of benzene rings is 1. The topological polar surface area (TPSA) is 66.8 Å². The van der Waals surface area contributed by atoms with Crippen LogP contribution in [0.3, 0.4) is 0 Å². The minimum Gasteiger partial charge on any atom is -0.342 e. The fraction of sp³-hybridized carbons (Fsp3) is 0.556. The number of fused-ring (bicyclic) bond motifs is 1. The Kier molecular flexibility index (Phi) is 4.75. The van der Waals surface area contributed by atoms with Crippen LogP contribution < -0.4 is 0 Å². The molecule has 0 bridgehead atoms. The van der Waals surface area contributed by atoms with Crippen LogP contribution in [0, 0.1) is 12.3 Å². The van der Waals surface area contributed by atoms with Crippen molar-refractivity contribution in [2.75, 3.05) is 11.5 Å². The Labute approximate surface area is 153 Å². The van der Waals surface area contributed by atoms with E-state index in [4.69, 9.17) is 0 Å². The Balaban J connectivity index is 1.91. The summed E-state index contributed by atoms with van der Waals surface area (Å²) in [5.74, 6) is 0.126. The molecule has 1 amide bonds. The molecule has 0 unspecified atom stereocenters. The molecule has 5 nitrogen and oxygen atoms in total. The van der Waals surface area contributed by atoms with E-state index in [-0.39, 0.29) is 28.7 Å². The van der Waals surface area contributed by atoms with Gasteiger partial charge in [-0.05, 0) is 12.5 Å². The lowest BCUT2D eigenvalue weighted by Crippen LogP contribution is -2.37. The smallest absolute Gasteiger partial charge is 0.253 e. The number of thioether (sulfide) groups is 1. The molecule has 0 saturated carbocycles. The number of sulfone groups is 1. The van der Waals surface area contributed by atoms with Crippen LogP contribution in [0.15, 0.2) is 29.3 Å². The van der Waals surface area contributed by atoms with Gasteiger partial charge >= 0.3 is 0 Å². The molecule has 2 fully saturated rings. The zero-order valence-electron chi connectivity index (χ0n) is 15.0. The van der Waals surface area contributed by atoms with Crippen LogP contribution in [0.2, 0.25) is 0 Å². The number of carbonyl (C=O) groups excluding carboxylic acids is 1. The van der Waals surface area contributed by atoms with E-state index in [2.05, 4.69) is 4.99 Å². The SMILES string of the molecule is Cc1ccc(CN2C(=NC(=O)C(C)(C)C)S[C@H]3CS(=O)(=O)C[C@H]32)cc1. The molecule has 0 radical (unpaired) electrons. The third kappa shape index (κ3) is 4.08. The zero-order chi connectivity index (χ0) is 18.4. The van der Waals surface area contributed by atoms with Crippen molar-refractivity contribution in [3.8, 4) is 0 Å². The summed E-state index contributed by atoms with van der Waals surface area (Å²) >= 11 is 1.43. The van der Waals surface area contributed by atoms with Gasteiger partial charge in [0.15, 0.2) is 15.0 Å². The van der Waals surface area contributed by atoms with Crippen molar-refractivity contribution in [3.63, 3.8) is 0 Å². The lowest BCUT2D eigenvalue weighted by Gasteiger charge is -2.25. The molecule has 1 aromatic rings. The van der Waals surface area contributed by atoms with Gasteiger partial charge in [0.1, 0.15) is 0 Å². The molecule has 0 N–H and O–H groups in total. The lowest BCUT2D eigenvalue weighted by molar-refractivity contribution is -0.124. The third-order valence-corrected chi connectivity index (χ3v) is 7.73. The summed E-state index contributed by atoms with van der Waals surface area (Å²) in [7, 11) is -3.02. The van der Waals surface area contributed by atoms with Gasteiger partial charge in [-0.3, -0.25) is 4.79 Å². The molecule has 1 aromatic carbocycles. The van der Waals surface area contributed by atoms with E-state index in [0.29, 0.717) is 11.7 Å². The monoisotopic (exact) mass is 380 g/mol. The van der Waals surface area contributed by atoms with Crippen molar-refractivity contribution in [2.45, 2.75) is 45.5 Å². The average molecular weight is 381 g/mol. The predicted octanol–water partition coefficient (Wildman–Crippen LogP) is 2.64. The van der Waals surface area contributed by atoms with Gasteiger partial charge in [0.25, 0.3) is 5.91 Å². The molecular formula is C18H24N2O3S2. The summed E-state index contributed by atoms with van der Waals surface area (Å²) in [5, 5.41) is 0.618. The highest BCUT2D eigenvalue weighted by Crippen LogP contribution is 2.39. The fourth-order valence-electron chi connectivity index (χ4n) is 2.97. The Morgan fingerprint density at radius 1 is 1.24 bits per heavy atom. The number of aryl methyl sites for hydroxylation is 1. The van der Waals surface area contributed by atoms with Crippen molar-refractivity contribution >= 4 is 32.7 Å². The first-order valence-corrected chi connectivity index (χ1v) is 11.1. The normalized spacial score (nSPS) is 26.9. The van der Waals surface area contributed by atoms with Crippen molar-refractivity contribution in [2.24, 2.45) is 10.4 Å². The average Bonchev–Trinajstić information content (AvgIpc) is 2.93. The number of rotatable bonds is 2. The molecule has 2 heterocycles. The number of aliphatic imine (C=N–C) groups is 1. The fourth-order valence-corrected chi connectivity index (χ4v) is 6.91. The van der Waals surface area contributed by atoms with Gasteiger partial charge in [-0.25, -0.2) is 8.42 Å². The zero-order valence-corrected chi connectivity index (χ0v) is 16.7. The summed E-state index contributed by atoms with van der Waals surface area (Å²) in [4.78, 5) is 18.7. The van der Waals surface area contributed by atoms with Crippen LogP contribution in [0.5, 0.6) is 0 Å². The van der Waals surface area contributed by atoms with Gasteiger partial charge in [-0.15, -0.1) is 0 Å². The lowest BCUT2D eigenvalue weighted by atomic mass is 9.96. The summed E-state index contributed by atoms with van der Waals surface area (Å²) in [6.07, 6.45) is 0. The number of hydrogen-bond donors (Lipinski definition) is 0. The first kappa shape index (κ1) is 18.5. The van der Waals surface area contributed by atoms with E-state index < -0.39 is 15.3 Å². The van der Waals surface area contributed by atoms with E-state index >= 15 is 0 Å². The summed E-state index contributed by atoms with van der Waals surface area (Å²) < 4.78 is 24.1. The van der Waals surface area contributed by atoms with Crippen molar-refractivity contribution < 1.29 is 13.2 Å². The highest BCUT2D eigenvalue weighted by atomic mass is 32.2. The van der Waals surface area contributed by atoms with E-state index in [9.17, 15) is 13.2 Å². The van der Waals surface area contributed by atoms with E-state index in [1.54, 1.807) is 0 Å². The molecular weight excluding hydrogens is 356 g/mol. The standard InChI is InChI=1S/C18H24N2O3S2/c1-12-5-7-13(8-6-12)9-20-14-10-25(22,23)11-15(14)24-17(20)19-16(21)18(2,3)4/h5-8,14-15H,9-11H2,1-4H3/t14-,15+/m1/s1. The second-order valence-corrected chi connectivity index (χ2v) is 11.2. The number of hydrogen-bond acceptors (Lipinski definition) is 4. The highest BCUT2D eigenvalue weighted by Gasteiger charge is 2.48. The maximum atomic E-state index is 12.4. The first-order chi connectivity index (χ1) is 11.5. The van der Waals surface area contributed by atoms with Gasteiger partial charge in [0.05, 0.1) is 17.5 Å². The van der Waals surface area contributed by atoms with Crippen molar-refractivity contribution in [1.29, 1.82) is 0 Å². The van der Waals surface area contributed by atoms with Crippen molar-refractivity contribution in [3.05, 3.63) is 35.4 Å². The Morgan fingerprint density at radius 2 is 1.88 bits per heavy atom. The van der Waals surface area contributed by atoms with Gasteiger partial charge in [0.2, 0.25) is 0 Å². The number of nitrogens with zero attached hydrogens (tertiary/aromatic N) is 2. The largest absolute Gasteiger partial charge is 0.342 e. The minimum absolute atomic E-state index is 0.0398. The maximum absolute atomic E-state index is 12.4. The van der Waals surface area contributed by atoms with Crippen molar-refractivity contribution in [1.82, 2.24) is 4.90 Å². The second-order valence-electron chi connectivity index (χ2n) is 7.86. The quantitative estimate of drug-likeness (QED) is 0.789. The third-order valence-electron chi connectivity index (χ3n) is 4.49. The van der Waals surface area contributed by atoms with Crippen LogP contribution >= 0.6 is 11.8 Å². The molecule has 3 rings (SSSR count). The Hall–Kier alpha value is -1.34. The summed E-state index contributed by atoms with van der Waals surface area (Å²) in [6, 6.07) is 8.06.